The Balaban J connectivity index is 2.00. The molecule has 1 saturated heterocycles. The average molecular weight is 293 g/mol. The van der Waals surface area contributed by atoms with Gasteiger partial charge in [-0.2, -0.15) is 0 Å². The van der Waals surface area contributed by atoms with Gasteiger partial charge in [0, 0.05) is 12.2 Å². The molecule has 1 aliphatic rings. The molecule has 1 atom stereocenters. The van der Waals surface area contributed by atoms with E-state index in [0.29, 0.717) is 5.69 Å². The first-order valence-corrected chi connectivity index (χ1v) is 7.38. The molecule has 0 spiro atoms. The number of likely N-dealkylation sites (tertiary alicyclic amines) is 1. The van der Waals surface area contributed by atoms with E-state index in [0.717, 1.165) is 19.5 Å². The van der Waals surface area contributed by atoms with Gasteiger partial charge in [-0.1, -0.05) is 13.8 Å². The Hall–Kier alpha value is -1.62. The van der Waals surface area contributed by atoms with E-state index in [1.54, 1.807) is 0 Å². The van der Waals surface area contributed by atoms with Gasteiger partial charge in [-0.3, -0.25) is 9.69 Å². The van der Waals surface area contributed by atoms with E-state index in [9.17, 15) is 9.18 Å². The van der Waals surface area contributed by atoms with Gasteiger partial charge in [-0.05, 0) is 49.9 Å². The molecular weight excluding hydrogens is 269 g/mol. The van der Waals surface area contributed by atoms with Crippen molar-refractivity contribution in [3.63, 3.8) is 0 Å². The summed E-state index contributed by atoms with van der Waals surface area (Å²) >= 11 is 0. The standard InChI is InChI=1S/C16H24FN3O/c1-11(20-8-4-7-16(2,3)10-20)15(21)19-12-5-6-13(17)14(18)9-12/h5-6,9,11H,4,7-8,10,18H2,1-3H3,(H,19,21). The minimum Gasteiger partial charge on any atom is -0.396 e. The van der Waals surface area contributed by atoms with Crippen molar-refractivity contribution in [2.45, 2.75) is 39.7 Å². The summed E-state index contributed by atoms with van der Waals surface area (Å²) in [5, 5.41) is 2.81. The predicted octanol–water partition coefficient (Wildman–Crippen LogP) is 2.86. The summed E-state index contributed by atoms with van der Waals surface area (Å²) in [6.07, 6.45) is 2.29. The maximum absolute atomic E-state index is 13.1. The van der Waals surface area contributed by atoms with Crippen LogP contribution in [-0.2, 0) is 4.79 Å². The van der Waals surface area contributed by atoms with Gasteiger partial charge < -0.3 is 11.1 Å². The van der Waals surface area contributed by atoms with Gasteiger partial charge in [0.1, 0.15) is 5.82 Å². The Labute approximate surface area is 125 Å². The Morgan fingerprint density at radius 1 is 1.48 bits per heavy atom. The van der Waals surface area contributed by atoms with Crippen LogP contribution in [0.4, 0.5) is 15.8 Å². The lowest BCUT2D eigenvalue weighted by Gasteiger charge is -2.40. The first kappa shape index (κ1) is 15.8. The van der Waals surface area contributed by atoms with Crippen LogP contribution in [-0.4, -0.2) is 29.9 Å². The fraction of sp³-hybridized carbons (Fsp3) is 0.562. The molecule has 1 heterocycles. The van der Waals surface area contributed by atoms with E-state index in [-0.39, 0.29) is 23.1 Å². The number of amides is 1. The van der Waals surface area contributed by atoms with Crippen molar-refractivity contribution in [2.75, 3.05) is 24.1 Å². The van der Waals surface area contributed by atoms with E-state index >= 15 is 0 Å². The summed E-state index contributed by atoms with van der Waals surface area (Å²) in [4.78, 5) is 14.5. The zero-order chi connectivity index (χ0) is 15.6. The molecular formula is C16H24FN3O. The number of nitrogens with one attached hydrogen (secondary N) is 1. The highest BCUT2D eigenvalue weighted by atomic mass is 19.1. The zero-order valence-corrected chi connectivity index (χ0v) is 12.9. The van der Waals surface area contributed by atoms with Gasteiger partial charge in [-0.15, -0.1) is 0 Å². The number of hydrogen-bond acceptors (Lipinski definition) is 3. The minimum atomic E-state index is -0.473. The monoisotopic (exact) mass is 293 g/mol. The van der Waals surface area contributed by atoms with Crippen molar-refractivity contribution >= 4 is 17.3 Å². The van der Waals surface area contributed by atoms with Crippen molar-refractivity contribution in [1.29, 1.82) is 0 Å². The number of hydrogen-bond donors (Lipinski definition) is 2. The Bertz CT molecular complexity index is 530. The number of halogens is 1. The number of anilines is 2. The third kappa shape index (κ3) is 3.94. The lowest BCUT2D eigenvalue weighted by Crippen LogP contribution is -2.49. The molecule has 116 valence electrons. The molecule has 21 heavy (non-hydrogen) atoms. The number of nitrogen functional groups attached to an aromatic ring is 1. The lowest BCUT2D eigenvalue weighted by atomic mass is 9.83. The van der Waals surface area contributed by atoms with E-state index < -0.39 is 5.82 Å². The summed E-state index contributed by atoms with van der Waals surface area (Å²) < 4.78 is 13.1. The van der Waals surface area contributed by atoms with E-state index in [1.165, 1.54) is 24.6 Å². The van der Waals surface area contributed by atoms with Crippen LogP contribution >= 0.6 is 0 Å². The lowest BCUT2D eigenvalue weighted by molar-refractivity contribution is -0.121. The minimum absolute atomic E-state index is 0.0413. The highest BCUT2D eigenvalue weighted by Crippen LogP contribution is 2.29. The van der Waals surface area contributed by atoms with E-state index in [1.807, 2.05) is 6.92 Å². The summed E-state index contributed by atoms with van der Waals surface area (Å²) in [5.41, 5.74) is 6.33. The molecule has 3 N–H and O–H groups in total. The SMILES string of the molecule is CC(C(=O)Nc1ccc(F)c(N)c1)N1CCCC(C)(C)C1. The van der Waals surface area contributed by atoms with Gasteiger partial charge >= 0.3 is 0 Å². The number of piperidine rings is 1. The van der Waals surface area contributed by atoms with Gasteiger partial charge in [0.15, 0.2) is 0 Å². The molecule has 0 aliphatic carbocycles. The smallest absolute Gasteiger partial charge is 0.241 e. The van der Waals surface area contributed by atoms with Gasteiger partial charge in [-0.25, -0.2) is 4.39 Å². The number of rotatable bonds is 3. The van der Waals surface area contributed by atoms with Crippen LogP contribution in [0.5, 0.6) is 0 Å². The van der Waals surface area contributed by atoms with Crippen LogP contribution in [0.3, 0.4) is 0 Å². The summed E-state index contributed by atoms with van der Waals surface area (Å²) in [6, 6.07) is 4.02. The normalized spacial score (nSPS) is 20.0. The molecule has 1 fully saturated rings. The molecule has 0 aromatic heterocycles. The van der Waals surface area contributed by atoms with Crippen molar-refractivity contribution in [3.05, 3.63) is 24.0 Å². The number of carbonyl (C=O) groups excluding carboxylic acids is 1. The second kappa shape index (κ2) is 6.02. The maximum atomic E-state index is 13.1. The quantitative estimate of drug-likeness (QED) is 0.843. The van der Waals surface area contributed by atoms with Gasteiger partial charge in [0.25, 0.3) is 0 Å². The number of nitrogens with two attached hydrogens (primary N) is 1. The van der Waals surface area contributed by atoms with Crippen LogP contribution in [0, 0.1) is 11.2 Å². The summed E-state index contributed by atoms with van der Waals surface area (Å²) in [5.74, 6) is -0.558. The van der Waals surface area contributed by atoms with Crippen LogP contribution in [0.25, 0.3) is 0 Å². The van der Waals surface area contributed by atoms with Crippen molar-refractivity contribution in [2.24, 2.45) is 5.41 Å². The maximum Gasteiger partial charge on any atom is 0.241 e. The Morgan fingerprint density at radius 2 is 2.19 bits per heavy atom. The number of nitrogens with zero attached hydrogens (tertiary/aromatic N) is 1. The van der Waals surface area contributed by atoms with Crippen molar-refractivity contribution in [3.8, 4) is 0 Å². The molecule has 1 unspecified atom stereocenters. The fourth-order valence-electron chi connectivity index (χ4n) is 2.83. The Kier molecular flexibility index (Phi) is 4.52. The third-order valence-corrected chi connectivity index (χ3v) is 4.12. The summed E-state index contributed by atoms with van der Waals surface area (Å²) in [7, 11) is 0. The third-order valence-electron chi connectivity index (χ3n) is 4.12. The molecule has 2 rings (SSSR count). The largest absolute Gasteiger partial charge is 0.396 e. The van der Waals surface area contributed by atoms with E-state index in [4.69, 9.17) is 5.73 Å². The van der Waals surface area contributed by atoms with Crippen molar-refractivity contribution < 1.29 is 9.18 Å². The second-order valence-corrected chi connectivity index (χ2v) is 6.64. The molecule has 1 aromatic rings. The van der Waals surface area contributed by atoms with Crippen LogP contribution in [0.1, 0.15) is 33.6 Å². The number of benzene rings is 1. The molecule has 1 amide bonds. The Morgan fingerprint density at radius 3 is 2.81 bits per heavy atom. The molecule has 0 bridgehead atoms. The van der Waals surface area contributed by atoms with Crippen LogP contribution in [0.2, 0.25) is 0 Å². The zero-order valence-electron chi connectivity index (χ0n) is 12.9. The number of carbonyl (C=O) groups is 1. The van der Waals surface area contributed by atoms with E-state index in [2.05, 4.69) is 24.1 Å². The van der Waals surface area contributed by atoms with Crippen molar-refractivity contribution in [1.82, 2.24) is 4.90 Å². The first-order valence-electron chi connectivity index (χ1n) is 7.38. The average Bonchev–Trinajstić information content (AvgIpc) is 2.41. The second-order valence-electron chi connectivity index (χ2n) is 6.64. The molecule has 0 saturated carbocycles. The molecule has 0 radical (unpaired) electrons. The first-order chi connectivity index (χ1) is 9.78. The predicted molar refractivity (Wildman–Crippen MR) is 83.5 cm³/mol. The fourth-order valence-corrected chi connectivity index (χ4v) is 2.83. The molecule has 1 aromatic carbocycles. The molecule has 4 nitrogen and oxygen atoms in total. The molecule has 1 aliphatic heterocycles. The highest BCUT2D eigenvalue weighted by molar-refractivity contribution is 5.94. The van der Waals surface area contributed by atoms with Crippen LogP contribution < -0.4 is 11.1 Å². The van der Waals surface area contributed by atoms with Gasteiger partial charge in [0.05, 0.1) is 11.7 Å². The molecule has 5 heteroatoms. The highest BCUT2D eigenvalue weighted by Gasteiger charge is 2.31. The summed E-state index contributed by atoms with van der Waals surface area (Å²) in [6.45, 7) is 8.20. The van der Waals surface area contributed by atoms with Crippen LogP contribution in [0.15, 0.2) is 18.2 Å². The van der Waals surface area contributed by atoms with Gasteiger partial charge in [0.2, 0.25) is 5.91 Å². The topological polar surface area (TPSA) is 58.4 Å².